The van der Waals surface area contributed by atoms with E-state index < -0.39 is 12.2 Å². The van der Waals surface area contributed by atoms with Gasteiger partial charge in [-0.25, -0.2) is 4.39 Å². The number of aromatic amines is 1. The number of aromatic nitrogens is 1. The molecular weight excluding hydrogens is 233 g/mol. The fourth-order valence-corrected chi connectivity index (χ4v) is 1.82. The summed E-state index contributed by atoms with van der Waals surface area (Å²) in [5.74, 6) is -0.468. The Morgan fingerprint density at radius 1 is 1.38 bits per heavy atom. The maximum absolute atomic E-state index is 13.1. The summed E-state index contributed by atoms with van der Waals surface area (Å²) < 4.78 is 13.1. The van der Waals surface area contributed by atoms with E-state index in [1.54, 1.807) is 12.3 Å². The molecule has 1 aromatic heterocycles. The van der Waals surface area contributed by atoms with Crippen molar-refractivity contribution in [3.8, 4) is 0 Å². The predicted molar refractivity (Wildman–Crippen MR) is 59.9 cm³/mol. The Balaban J connectivity index is 2.48. The van der Waals surface area contributed by atoms with Crippen LogP contribution in [0.4, 0.5) is 4.39 Å². The summed E-state index contributed by atoms with van der Waals surface area (Å²) in [6, 6.07) is 4.21. The van der Waals surface area contributed by atoms with Gasteiger partial charge in [-0.05, 0) is 18.2 Å². The predicted octanol–water partition coefficient (Wildman–Crippen LogP) is 1.94. The average molecular weight is 244 g/mol. The number of nitrogens with one attached hydrogen (secondary N) is 1. The Hall–Kier alpha value is -1.10. The van der Waals surface area contributed by atoms with E-state index in [0.717, 1.165) is 0 Å². The van der Waals surface area contributed by atoms with Crippen LogP contribution in [-0.4, -0.2) is 27.2 Å². The van der Waals surface area contributed by atoms with Gasteiger partial charge in [0.1, 0.15) is 11.9 Å². The Morgan fingerprint density at radius 3 is 2.81 bits per heavy atom. The van der Waals surface area contributed by atoms with Crippen LogP contribution in [0.15, 0.2) is 24.4 Å². The number of hydrogen-bond donors (Lipinski definition) is 3. The molecule has 0 aliphatic carbocycles. The number of alkyl halides is 1. The van der Waals surface area contributed by atoms with E-state index in [4.69, 9.17) is 11.6 Å². The first-order chi connectivity index (χ1) is 7.63. The Kier molecular flexibility index (Phi) is 3.14. The van der Waals surface area contributed by atoms with Crippen LogP contribution in [0.3, 0.4) is 0 Å². The smallest absolute Gasteiger partial charge is 0.123 e. The monoisotopic (exact) mass is 243 g/mol. The topological polar surface area (TPSA) is 56.2 Å². The van der Waals surface area contributed by atoms with Gasteiger partial charge in [-0.3, -0.25) is 0 Å². The van der Waals surface area contributed by atoms with Gasteiger partial charge in [0.15, 0.2) is 0 Å². The molecule has 2 rings (SSSR count). The molecule has 1 aromatic carbocycles. The summed E-state index contributed by atoms with van der Waals surface area (Å²) in [6.45, 7) is 0. The van der Waals surface area contributed by atoms with E-state index >= 15 is 0 Å². The lowest BCUT2D eigenvalue weighted by Crippen LogP contribution is -2.19. The van der Waals surface area contributed by atoms with Crippen LogP contribution in [-0.2, 0) is 0 Å². The molecule has 3 nitrogen and oxygen atoms in total. The zero-order chi connectivity index (χ0) is 11.7. The van der Waals surface area contributed by atoms with Crippen molar-refractivity contribution in [3.05, 3.63) is 35.8 Å². The molecule has 3 N–H and O–H groups in total. The number of aliphatic hydroxyl groups is 2. The first-order valence-corrected chi connectivity index (χ1v) is 5.35. The summed E-state index contributed by atoms with van der Waals surface area (Å²) in [5.41, 5.74) is 1.15. The zero-order valence-corrected chi connectivity index (χ0v) is 9.08. The lowest BCUT2D eigenvalue weighted by Gasteiger charge is -2.14. The molecule has 0 aliphatic heterocycles. The summed E-state index contributed by atoms with van der Waals surface area (Å²) in [5, 5.41) is 19.8. The van der Waals surface area contributed by atoms with Crippen molar-refractivity contribution in [2.45, 2.75) is 12.2 Å². The first-order valence-electron chi connectivity index (χ1n) is 4.82. The van der Waals surface area contributed by atoms with Crippen molar-refractivity contribution >= 4 is 22.5 Å². The van der Waals surface area contributed by atoms with E-state index in [-0.39, 0.29) is 11.7 Å². The summed E-state index contributed by atoms with van der Waals surface area (Å²) in [4.78, 5) is 2.89. The molecule has 0 amide bonds. The second-order valence-corrected chi connectivity index (χ2v) is 3.91. The highest BCUT2D eigenvalue weighted by Gasteiger charge is 2.20. The molecule has 0 spiro atoms. The maximum Gasteiger partial charge on any atom is 0.123 e. The van der Waals surface area contributed by atoms with Crippen molar-refractivity contribution in [2.24, 2.45) is 0 Å². The van der Waals surface area contributed by atoms with E-state index in [1.807, 2.05) is 0 Å². The minimum atomic E-state index is -1.12. The second kappa shape index (κ2) is 4.41. The summed E-state index contributed by atoms with van der Waals surface area (Å²) in [6.07, 6.45) is -0.637. The molecule has 2 aromatic rings. The van der Waals surface area contributed by atoms with Crippen molar-refractivity contribution in [2.75, 3.05) is 5.88 Å². The number of H-pyrrole nitrogens is 1. The fourth-order valence-electron chi connectivity index (χ4n) is 1.65. The van der Waals surface area contributed by atoms with Gasteiger partial charge in [-0.1, -0.05) is 0 Å². The fraction of sp³-hybridized carbons (Fsp3) is 0.273. The number of aliphatic hydroxyl groups excluding tert-OH is 2. The highest BCUT2D eigenvalue weighted by atomic mass is 35.5. The van der Waals surface area contributed by atoms with Crippen molar-refractivity contribution < 1.29 is 14.6 Å². The van der Waals surface area contributed by atoms with Gasteiger partial charge in [-0.2, -0.15) is 0 Å². The molecule has 2 atom stereocenters. The third-order valence-electron chi connectivity index (χ3n) is 2.52. The Morgan fingerprint density at radius 2 is 2.12 bits per heavy atom. The van der Waals surface area contributed by atoms with Crippen LogP contribution in [0.1, 0.15) is 11.7 Å². The largest absolute Gasteiger partial charge is 0.389 e. The molecule has 0 saturated carbocycles. The van der Waals surface area contributed by atoms with Crippen LogP contribution in [0.2, 0.25) is 0 Å². The molecule has 86 valence electrons. The third-order valence-corrected chi connectivity index (χ3v) is 2.83. The number of benzene rings is 1. The van der Waals surface area contributed by atoms with Gasteiger partial charge in [0.2, 0.25) is 0 Å². The number of hydrogen-bond acceptors (Lipinski definition) is 2. The molecule has 2 unspecified atom stereocenters. The lowest BCUT2D eigenvalue weighted by atomic mass is 10.0. The minimum Gasteiger partial charge on any atom is -0.389 e. The molecule has 0 saturated heterocycles. The average Bonchev–Trinajstić information content (AvgIpc) is 2.69. The van der Waals surface area contributed by atoms with Gasteiger partial charge >= 0.3 is 0 Å². The standard InChI is InChI=1S/C11H11ClFNO2/c12-4-10(15)11(16)8-5-14-9-2-1-6(13)3-7(8)9/h1-3,5,10-11,14-16H,4H2. The lowest BCUT2D eigenvalue weighted by molar-refractivity contribution is 0.0336. The number of halogens is 2. The molecule has 0 fully saturated rings. The van der Waals surface area contributed by atoms with Crippen molar-refractivity contribution in [1.82, 2.24) is 4.98 Å². The molecule has 1 heterocycles. The van der Waals surface area contributed by atoms with E-state index in [0.29, 0.717) is 16.5 Å². The molecule has 5 heteroatoms. The van der Waals surface area contributed by atoms with Crippen LogP contribution >= 0.6 is 11.6 Å². The van der Waals surface area contributed by atoms with Crippen LogP contribution in [0.25, 0.3) is 10.9 Å². The third kappa shape index (κ3) is 1.91. The SMILES string of the molecule is OC(CCl)C(O)c1c[nH]c2ccc(F)cc12. The van der Waals surface area contributed by atoms with Crippen molar-refractivity contribution in [1.29, 1.82) is 0 Å². The van der Waals surface area contributed by atoms with Gasteiger partial charge in [-0.15, -0.1) is 11.6 Å². The van der Waals surface area contributed by atoms with Gasteiger partial charge in [0.25, 0.3) is 0 Å². The molecular formula is C11H11ClFNO2. The van der Waals surface area contributed by atoms with Crippen LogP contribution in [0, 0.1) is 5.82 Å². The quantitative estimate of drug-likeness (QED) is 0.722. The maximum atomic E-state index is 13.1. The normalized spacial score (nSPS) is 15.2. The molecule has 0 bridgehead atoms. The molecule has 0 aliphatic rings. The Labute approximate surface area is 96.5 Å². The van der Waals surface area contributed by atoms with Crippen LogP contribution < -0.4 is 0 Å². The highest BCUT2D eigenvalue weighted by molar-refractivity contribution is 6.18. The van der Waals surface area contributed by atoms with E-state index in [9.17, 15) is 14.6 Å². The minimum absolute atomic E-state index is 0.0802. The number of rotatable bonds is 3. The molecule has 0 radical (unpaired) electrons. The second-order valence-electron chi connectivity index (χ2n) is 3.60. The van der Waals surface area contributed by atoms with E-state index in [1.165, 1.54) is 12.1 Å². The number of fused-ring (bicyclic) bond motifs is 1. The summed E-state index contributed by atoms with van der Waals surface area (Å²) >= 11 is 5.45. The first kappa shape index (κ1) is 11.4. The van der Waals surface area contributed by atoms with Gasteiger partial charge in [0, 0.05) is 22.7 Å². The van der Waals surface area contributed by atoms with Gasteiger partial charge in [0.05, 0.1) is 12.0 Å². The van der Waals surface area contributed by atoms with Crippen molar-refractivity contribution in [3.63, 3.8) is 0 Å². The van der Waals surface area contributed by atoms with Crippen LogP contribution in [0.5, 0.6) is 0 Å². The zero-order valence-electron chi connectivity index (χ0n) is 8.32. The molecule has 16 heavy (non-hydrogen) atoms. The van der Waals surface area contributed by atoms with Gasteiger partial charge < -0.3 is 15.2 Å². The Bertz CT molecular complexity index is 500. The van der Waals surface area contributed by atoms with E-state index in [2.05, 4.69) is 4.98 Å². The highest BCUT2D eigenvalue weighted by Crippen LogP contribution is 2.27. The summed E-state index contributed by atoms with van der Waals surface area (Å²) in [7, 11) is 0.